The third kappa shape index (κ3) is 2.96. The van der Waals surface area contributed by atoms with E-state index < -0.39 is 0 Å². The van der Waals surface area contributed by atoms with Gasteiger partial charge in [0.1, 0.15) is 18.7 Å². The zero-order valence-corrected chi connectivity index (χ0v) is 14.8. The molecule has 0 spiro atoms. The van der Waals surface area contributed by atoms with Crippen LogP contribution in [0.25, 0.3) is 11.0 Å². The second-order valence-corrected chi connectivity index (χ2v) is 6.25. The Balaban J connectivity index is 1.52. The van der Waals surface area contributed by atoms with Crippen molar-refractivity contribution in [3.05, 3.63) is 47.5 Å². The van der Waals surface area contributed by atoms with E-state index in [1.54, 1.807) is 18.0 Å². The Hall–Kier alpha value is -3.09. The second kappa shape index (κ2) is 6.67. The number of carbonyl (C=O) groups excluding carboxylic acids is 1. The number of hydrogen-bond donors (Lipinski definition) is 0. The maximum atomic E-state index is 12.8. The van der Waals surface area contributed by atoms with E-state index >= 15 is 0 Å². The van der Waals surface area contributed by atoms with Gasteiger partial charge in [-0.1, -0.05) is 11.3 Å². The third-order valence-corrected chi connectivity index (χ3v) is 4.43. The minimum atomic E-state index is -0.0622. The first-order valence-electron chi connectivity index (χ1n) is 8.63. The molecule has 0 fully saturated rings. The predicted octanol–water partition coefficient (Wildman–Crippen LogP) is 2.49. The Morgan fingerprint density at radius 1 is 1.15 bits per heavy atom. The molecule has 7 nitrogen and oxygen atoms in total. The summed E-state index contributed by atoms with van der Waals surface area (Å²) < 4.78 is 12.9. The number of rotatable bonds is 4. The fourth-order valence-corrected chi connectivity index (χ4v) is 3.09. The molecule has 0 saturated heterocycles. The van der Waals surface area contributed by atoms with Gasteiger partial charge in [-0.2, -0.15) is 0 Å². The highest BCUT2D eigenvalue weighted by atomic mass is 16.6. The number of carbonyl (C=O) groups is 1. The number of amides is 1. The average Bonchev–Trinajstić information content (AvgIpc) is 3.09. The summed E-state index contributed by atoms with van der Waals surface area (Å²) in [5.41, 5.74) is 3.24. The van der Waals surface area contributed by atoms with E-state index in [1.165, 1.54) is 0 Å². The SMILES string of the molecule is CCn1nnc2cc(C(=O)N(C)Cc3ccc4c(c3)OCCO4)ccc21. The van der Waals surface area contributed by atoms with E-state index in [0.717, 1.165) is 34.6 Å². The smallest absolute Gasteiger partial charge is 0.253 e. The summed E-state index contributed by atoms with van der Waals surface area (Å²) >= 11 is 0. The number of nitrogens with zero attached hydrogens (tertiary/aromatic N) is 4. The number of aryl methyl sites for hydroxylation is 1. The van der Waals surface area contributed by atoms with Crippen LogP contribution < -0.4 is 9.47 Å². The van der Waals surface area contributed by atoms with Crippen LogP contribution in [0.4, 0.5) is 0 Å². The van der Waals surface area contributed by atoms with Crippen molar-refractivity contribution in [2.75, 3.05) is 20.3 Å². The van der Waals surface area contributed by atoms with Crippen molar-refractivity contribution < 1.29 is 14.3 Å². The van der Waals surface area contributed by atoms with Gasteiger partial charge in [0.15, 0.2) is 11.5 Å². The number of benzene rings is 2. The van der Waals surface area contributed by atoms with Gasteiger partial charge in [-0.3, -0.25) is 4.79 Å². The Labute approximate surface area is 151 Å². The van der Waals surface area contributed by atoms with Gasteiger partial charge >= 0.3 is 0 Å². The molecule has 7 heteroatoms. The van der Waals surface area contributed by atoms with Gasteiger partial charge in [0.2, 0.25) is 0 Å². The number of aromatic nitrogens is 3. The first-order chi connectivity index (χ1) is 12.7. The average molecular weight is 352 g/mol. The van der Waals surface area contributed by atoms with Crippen molar-refractivity contribution >= 4 is 16.9 Å². The van der Waals surface area contributed by atoms with Crippen molar-refractivity contribution in [2.24, 2.45) is 0 Å². The molecule has 4 rings (SSSR count). The predicted molar refractivity (Wildman–Crippen MR) is 96.4 cm³/mol. The van der Waals surface area contributed by atoms with Crippen LogP contribution in [0, 0.1) is 0 Å². The molecule has 0 bridgehead atoms. The molecule has 26 heavy (non-hydrogen) atoms. The lowest BCUT2D eigenvalue weighted by Crippen LogP contribution is -2.26. The molecule has 0 atom stereocenters. The normalized spacial score (nSPS) is 13.0. The van der Waals surface area contributed by atoms with Crippen molar-refractivity contribution in [2.45, 2.75) is 20.0 Å². The van der Waals surface area contributed by atoms with Gasteiger partial charge in [0.05, 0.1) is 5.52 Å². The topological polar surface area (TPSA) is 69.5 Å². The van der Waals surface area contributed by atoms with Gasteiger partial charge in [-0.05, 0) is 42.8 Å². The van der Waals surface area contributed by atoms with E-state index in [2.05, 4.69) is 10.3 Å². The Morgan fingerprint density at radius 2 is 1.96 bits per heavy atom. The standard InChI is InChI=1S/C19H20N4O3/c1-3-23-16-6-5-14(11-15(16)20-21-23)19(24)22(2)12-13-4-7-17-18(10-13)26-9-8-25-17/h4-7,10-11H,3,8-9,12H2,1-2H3. The highest BCUT2D eigenvalue weighted by Crippen LogP contribution is 2.31. The molecule has 3 aromatic rings. The van der Waals surface area contributed by atoms with E-state index in [-0.39, 0.29) is 5.91 Å². The van der Waals surface area contributed by atoms with Crippen LogP contribution in [0.2, 0.25) is 0 Å². The maximum absolute atomic E-state index is 12.8. The number of hydrogen-bond acceptors (Lipinski definition) is 5. The van der Waals surface area contributed by atoms with Crippen molar-refractivity contribution in [3.63, 3.8) is 0 Å². The first-order valence-corrected chi connectivity index (χ1v) is 8.63. The summed E-state index contributed by atoms with van der Waals surface area (Å²) in [4.78, 5) is 14.5. The third-order valence-electron chi connectivity index (χ3n) is 4.43. The molecule has 0 radical (unpaired) electrons. The summed E-state index contributed by atoms with van der Waals surface area (Å²) in [5.74, 6) is 1.42. The lowest BCUT2D eigenvalue weighted by Gasteiger charge is -2.21. The molecule has 1 aromatic heterocycles. The van der Waals surface area contributed by atoms with Gasteiger partial charge in [-0.15, -0.1) is 5.10 Å². The maximum Gasteiger partial charge on any atom is 0.253 e. The van der Waals surface area contributed by atoms with Crippen molar-refractivity contribution in [1.82, 2.24) is 19.9 Å². The van der Waals surface area contributed by atoms with Gasteiger partial charge in [-0.25, -0.2) is 4.68 Å². The van der Waals surface area contributed by atoms with E-state index in [1.807, 2.05) is 41.9 Å². The lowest BCUT2D eigenvalue weighted by molar-refractivity contribution is 0.0785. The Kier molecular flexibility index (Phi) is 4.20. The summed E-state index contributed by atoms with van der Waals surface area (Å²) in [6.45, 7) is 4.34. The van der Waals surface area contributed by atoms with Crippen molar-refractivity contribution in [3.8, 4) is 11.5 Å². The number of fused-ring (bicyclic) bond motifs is 2. The van der Waals surface area contributed by atoms with Crippen LogP contribution in [0.3, 0.4) is 0 Å². The second-order valence-electron chi connectivity index (χ2n) is 6.25. The fraction of sp³-hybridized carbons (Fsp3) is 0.316. The highest BCUT2D eigenvalue weighted by molar-refractivity contribution is 5.97. The summed E-state index contributed by atoms with van der Waals surface area (Å²) in [7, 11) is 1.78. The quantitative estimate of drug-likeness (QED) is 0.722. The van der Waals surface area contributed by atoms with Crippen LogP contribution in [0.1, 0.15) is 22.8 Å². The molecular weight excluding hydrogens is 332 g/mol. The molecule has 1 aliphatic heterocycles. The lowest BCUT2D eigenvalue weighted by atomic mass is 10.1. The molecule has 0 saturated carbocycles. The minimum Gasteiger partial charge on any atom is -0.486 e. The Morgan fingerprint density at radius 3 is 2.77 bits per heavy atom. The largest absolute Gasteiger partial charge is 0.486 e. The zero-order chi connectivity index (χ0) is 18.1. The zero-order valence-electron chi connectivity index (χ0n) is 14.8. The van der Waals surface area contributed by atoms with E-state index in [9.17, 15) is 4.79 Å². The molecule has 2 aromatic carbocycles. The van der Waals surface area contributed by atoms with Crippen LogP contribution in [-0.4, -0.2) is 46.1 Å². The van der Waals surface area contributed by atoms with Gasteiger partial charge in [0.25, 0.3) is 5.91 Å². The minimum absolute atomic E-state index is 0.0622. The molecule has 1 amide bonds. The first kappa shape index (κ1) is 16.4. The molecular formula is C19H20N4O3. The molecule has 0 aliphatic carbocycles. The van der Waals surface area contributed by atoms with E-state index in [0.29, 0.717) is 25.3 Å². The number of ether oxygens (including phenoxy) is 2. The van der Waals surface area contributed by atoms with Crippen LogP contribution in [-0.2, 0) is 13.1 Å². The monoisotopic (exact) mass is 352 g/mol. The highest BCUT2D eigenvalue weighted by Gasteiger charge is 2.16. The van der Waals surface area contributed by atoms with Crippen LogP contribution >= 0.6 is 0 Å². The van der Waals surface area contributed by atoms with Gasteiger partial charge < -0.3 is 14.4 Å². The summed E-state index contributed by atoms with van der Waals surface area (Å²) in [6, 6.07) is 11.3. The molecule has 0 unspecified atom stereocenters. The molecule has 134 valence electrons. The van der Waals surface area contributed by atoms with Crippen LogP contribution in [0.15, 0.2) is 36.4 Å². The fourth-order valence-electron chi connectivity index (χ4n) is 3.09. The summed E-state index contributed by atoms with van der Waals surface area (Å²) in [5, 5.41) is 8.22. The van der Waals surface area contributed by atoms with Crippen LogP contribution in [0.5, 0.6) is 11.5 Å². The van der Waals surface area contributed by atoms with E-state index in [4.69, 9.17) is 9.47 Å². The molecule has 0 N–H and O–H groups in total. The summed E-state index contributed by atoms with van der Waals surface area (Å²) in [6.07, 6.45) is 0. The Bertz CT molecular complexity index is 967. The molecule has 1 aliphatic rings. The van der Waals surface area contributed by atoms with Crippen molar-refractivity contribution in [1.29, 1.82) is 0 Å². The molecule has 2 heterocycles. The van der Waals surface area contributed by atoms with Gasteiger partial charge in [0, 0.05) is 25.7 Å².